The Hall–Kier alpha value is -1.02. The Labute approximate surface area is 106 Å². The lowest BCUT2D eigenvalue weighted by Crippen LogP contribution is -2.31. The van der Waals surface area contributed by atoms with Crippen molar-refractivity contribution >= 4 is 5.69 Å². The molecule has 3 N–H and O–H groups in total. The van der Waals surface area contributed by atoms with E-state index in [1.165, 1.54) is 16.8 Å². The van der Waals surface area contributed by atoms with E-state index in [2.05, 4.69) is 58.1 Å². The van der Waals surface area contributed by atoms with Gasteiger partial charge in [-0.25, -0.2) is 0 Å². The molecular weight excluding hydrogens is 208 g/mol. The largest absolute Gasteiger partial charge is 0.384 e. The zero-order valence-electron chi connectivity index (χ0n) is 11.8. The number of nitrogens with two attached hydrogens (primary N) is 1. The summed E-state index contributed by atoms with van der Waals surface area (Å²) in [6.45, 7) is 12.6. The summed E-state index contributed by atoms with van der Waals surface area (Å²) in [5.74, 6) is 0.568. The van der Waals surface area contributed by atoms with Crippen molar-refractivity contribution in [3.05, 3.63) is 29.3 Å². The van der Waals surface area contributed by atoms with Crippen molar-refractivity contribution in [2.45, 2.75) is 40.5 Å². The highest BCUT2D eigenvalue weighted by Crippen LogP contribution is 2.23. The highest BCUT2D eigenvalue weighted by Gasteiger charge is 2.15. The van der Waals surface area contributed by atoms with Gasteiger partial charge in [-0.1, -0.05) is 39.8 Å². The summed E-state index contributed by atoms with van der Waals surface area (Å²) in [5.41, 5.74) is 9.79. The molecular formula is C15H26N2. The molecule has 0 saturated heterocycles. The molecule has 2 nitrogen and oxygen atoms in total. The van der Waals surface area contributed by atoms with E-state index in [1.807, 2.05) is 0 Å². The third-order valence-corrected chi connectivity index (χ3v) is 3.24. The van der Waals surface area contributed by atoms with Gasteiger partial charge in [-0.05, 0) is 42.0 Å². The van der Waals surface area contributed by atoms with Gasteiger partial charge in [0.15, 0.2) is 0 Å². The van der Waals surface area contributed by atoms with Crippen molar-refractivity contribution in [3.63, 3.8) is 0 Å². The van der Waals surface area contributed by atoms with Crippen molar-refractivity contribution < 1.29 is 0 Å². The lowest BCUT2D eigenvalue weighted by molar-refractivity contribution is 0.405. The second-order valence-corrected chi connectivity index (χ2v) is 5.95. The van der Waals surface area contributed by atoms with Gasteiger partial charge < -0.3 is 11.1 Å². The number of benzene rings is 1. The van der Waals surface area contributed by atoms with Crippen molar-refractivity contribution in [1.82, 2.24) is 0 Å². The molecule has 0 unspecified atom stereocenters. The molecule has 96 valence electrons. The van der Waals surface area contributed by atoms with Crippen LogP contribution in [0.2, 0.25) is 0 Å². The molecule has 0 aliphatic carbocycles. The quantitative estimate of drug-likeness (QED) is 0.818. The van der Waals surface area contributed by atoms with E-state index in [-0.39, 0.29) is 5.41 Å². The van der Waals surface area contributed by atoms with E-state index in [0.29, 0.717) is 12.5 Å². The number of nitrogens with one attached hydrogen (secondary N) is 1. The van der Waals surface area contributed by atoms with Gasteiger partial charge in [-0.3, -0.25) is 0 Å². The summed E-state index contributed by atoms with van der Waals surface area (Å²) in [4.78, 5) is 0. The van der Waals surface area contributed by atoms with Gasteiger partial charge in [-0.2, -0.15) is 0 Å². The third-order valence-electron chi connectivity index (χ3n) is 3.24. The summed E-state index contributed by atoms with van der Waals surface area (Å²) in [6.07, 6.45) is 0. The Balaban J connectivity index is 2.80. The van der Waals surface area contributed by atoms with Crippen LogP contribution in [-0.2, 0) is 0 Å². The first kappa shape index (κ1) is 14.0. The van der Waals surface area contributed by atoms with Crippen LogP contribution in [0, 0.1) is 12.3 Å². The van der Waals surface area contributed by atoms with Crippen molar-refractivity contribution in [1.29, 1.82) is 0 Å². The highest BCUT2D eigenvalue weighted by molar-refractivity contribution is 5.53. The Morgan fingerprint density at radius 3 is 2.47 bits per heavy atom. The SMILES string of the molecule is Cc1ccc(C(C)C)cc1NCC(C)(C)CN. The number of hydrogen-bond donors (Lipinski definition) is 2. The van der Waals surface area contributed by atoms with Crippen LogP contribution < -0.4 is 11.1 Å². The minimum atomic E-state index is 0.139. The maximum Gasteiger partial charge on any atom is 0.0372 e. The lowest BCUT2D eigenvalue weighted by atomic mass is 9.93. The van der Waals surface area contributed by atoms with E-state index in [0.717, 1.165) is 6.54 Å². The second kappa shape index (κ2) is 5.54. The molecule has 2 heteroatoms. The van der Waals surface area contributed by atoms with Crippen LogP contribution in [0.3, 0.4) is 0 Å². The smallest absolute Gasteiger partial charge is 0.0372 e. The van der Waals surface area contributed by atoms with Crippen LogP contribution in [-0.4, -0.2) is 13.1 Å². The van der Waals surface area contributed by atoms with Crippen LogP contribution >= 0.6 is 0 Å². The minimum Gasteiger partial charge on any atom is -0.384 e. The van der Waals surface area contributed by atoms with Crippen molar-refractivity contribution in [2.75, 3.05) is 18.4 Å². The molecule has 1 aromatic carbocycles. The lowest BCUT2D eigenvalue weighted by Gasteiger charge is -2.24. The molecule has 0 spiro atoms. The Morgan fingerprint density at radius 1 is 1.29 bits per heavy atom. The van der Waals surface area contributed by atoms with Gasteiger partial charge in [0.05, 0.1) is 0 Å². The number of anilines is 1. The first-order chi connectivity index (χ1) is 7.85. The van der Waals surface area contributed by atoms with Gasteiger partial charge in [0, 0.05) is 12.2 Å². The second-order valence-electron chi connectivity index (χ2n) is 5.95. The fraction of sp³-hybridized carbons (Fsp3) is 0.600. The maximum atomic E-state index is 5.75. The molecule has 0 radical (unpaired) electrons. The molecule has 17 heavy (non-hydrogen) atoms. The van der Waals surface area contributed by atoms with Crippen LogP contribution in [0.5, 0.6) is 0 Å². The van der Waals surface area contributed by atoms with E-state index in [4.69, 9.17) is 5.73 Å². The highest BCUT2D eigenvalue weighted by atomic mass is 14.9. The number of hydrogen-bond acceptors (Lipinski definition) is 2. The predicted octanol–water partition coefficient (Wildman–Crippen LogP) is 3.52. The van der Waals surface area contributed by atoms with Crippen molar-refractivity contribution in [3.8, 4) is 0 Å². The Morgan fingerprint density at radius 2 is 1.94 bits per heavy atom. The standard InChI is InChI=1S/C15H26N2/c1-11(2)13-7-6-12(3)14(8-13)17-10-15(4,5)9-16/h6-8,11,17H,9-10,16H2,1-5H3. The van der Waals surface area contributed by atoms with E-state index in [1.54, 1.807) is 0 Å². The topological polar surface area (TPSA) is 38.0 Å². The monoisotopic (exact) mass is 234 g/mol. The maximum absolute atomic E-state index is 5.75. The normalized spacial score (nSPS) is 11.9. The molecule has 0 aromatic heterocycles. The van der Waals surface area contributed by atoms with Gasteiger partial charge in [0.2, 0.25) is 0 Å². The average Bonchev–Trinajstić information content (AvgIpc) is 2.27. The first-order valence-corrected chi connectivity index (χ1v) is 6.40. The molecule has 0 aliphatic rings. The minimum absolute atomic E-state index is 0.139. The summed E-state index contributed by atoms with van der Waals surface area (Å²) in [5, 5.41) is 3.52. The van der Waals surface area contributed by atoms with E-state index in [9.17, 15) is 0 Å². The summed E-state index contributed by atoms with van der Waals surface area (Å²) < 4.78 is 0. The Kier molecular flexibility index (Phi) is 4.58. The predicted molar refractivity (Wildman–Crippen MR) is 76.6 cm³/mol. The summed E-state index contributed by atoms with van der Waals surface area (Å²) >= 11 is 0. The van der Waals surface area contributed by atoms with Crippen LogP contribution in [0.25, 0.3) is 0 Å². The molecule has 0 amide bonds. The molecule has 0 atom stereocenters. The molecule has 0 aliphatic heterocycles. The zero-order valence-corrected chi connectivity index (χ0v) is 11.8. The first-order valence-electron chi connectivity index (χ1n) is 6.40. The molecule has 0 heterocycles. The summed E-state index contributed by atoms with van der Waals surface area (Å²) in [6, 6.07) is 6.65. The van der Waals surface area contributed by atoms with Crippen molar-refractivity contribution in [2.24, 2.45) is 11.1 Å². The third kappa shape index (κ3) is 4.04. The average molecular weight is 234 g/mol. The van der Waals surface area contributed by atoms with Crippen LogP contribution in [0.4, 0.5) is 5.69 Å². The molecule has 0 fully saturated rings. The molecule has 0 bridgehead atoms. The van der Waals surface area contributed by atoms with Crippen LogP contribution in [0.1, 0.15) is 44.7 Å². The van der Waals surface area contributed by atoms with E-state index >= 15 is 0 Å². The molecule has 1 rings (SSSR count). The zero-order chi connectivity index (χ0) is 13.1. The summed E-state index contributed by atoms with van der Waals surface area (Å²) in [7, 11) is 0. The fourth-order valence-corrected chi connectivity index (χ4v) is 1.60. The fourth-order valence-electron chi connectivity index (χ4n) is 1.60. The molecule has 0 saturated carbocycles. The van der Waals surface area contributed by atoms with Gasteiger partial charge in [-0.15, -0.1) is 0 Å². The number of rotatable bonds is 5. The van der Waals surface area contributed by atoms with Gasteiger partial charge in [0.1, 0.15) is 0 Å². The van der Waals surface area contributed by atoms with Gasteiger partial charge >= 0.3 is 0 Å². The van der Waals surface area contributed by atoms with Gasteiger partial charge in [0.25, 0.3) is 0 Å². The van der Waals surface area contributed by atoms with E-state index < -0.39 is 0 Å². The number of aryl methyl sites for hydroxylation is 1. The van der Waals surface area contributed by atoms with Crippen LogP contribution in [0.15, 0.2) is 18.2 Å². The Bertz CT molecular complexity index is 367. The molecule has 1 aromatic rings.